The predicted octanol–water partition coefficient (Wildman–Crippen LogP) is 2.87. The molecule has 0 heterocycles. The van der Waals surface area contributed by atoms with Crippen molar-refractivity contribution in [2.75, 3.05) is 5.73 Å². The van der Waals surface area contributed by atoms with Crippen LogP contribution in [0.5, 0.6) is 0 Å². The Bertz CT molecular complexity index is 432. The maximum Gasteiger partial charge on any atom is 0.188 e. The summed E-state index contributed by atoms with van der Waals surface area (Å²) >= 11 is 0. The van der Waals surface area contributed by atoms with E-state index in [1.54, 1.807) is 6.07 Å². The average molecular weight is 201 g/mol. The Morgan fingerprint density at radius 3 is 2.80 bits per heavy atom. The molecule has 2 N–H and O–H groups in total. The molecule has 2 nitrogen and oxygen atoms in total. The van der Waals surface area contributed by atoms with E-state index < -0.39 is 0 Å². The largest absolute Gasteiger partial charge is 0.399 e. The molecule has 15 heavy (non-hydrogen) atoms. The van der Waals surface area contributed by atoms with Crippen LogP contribution in [0.2, 0.25) is 0 Å². The standard InChI is InChI=1S/C13H15NO/c1-9-8-11(14)6-7-12(9)13(15)10-4-2-3-5-10/h4,6-8H,2-3,5,14H2,1H3. The van der Waals surface area contributed by atoms with Gasteiger partial charge in [0.05, 0.1) is 0 Å². The third-order valence-electron chi connectivity index (χ3n) is 2.83. The SMILES string of the molecule is Cc1cc(N)ccc1C(=O)C1=CCCC1. The summed E-state index contributed by atoms with van der Waals surface area (Å²) in [5, 5.41) is 0. The van der Waals surface area contributed by atoms with Gasteiger partial charge in [0, 0.05) is 11.3 Å². The number of carbonyl (C=O) groups excluding carboxylic acids is 1. The topological polar surface area (TPSA) is 43.1 Å². The Labute approximate surface area is 89.8 Å². The molecule has 78 valence electrons. The van der Waals surface area contributed by atoms with Crippen molar-refractivity contribution in [3.8, 4) is 0 Å². The second kappa shape index (κ2) is 3.89. The highest BCUT2D eigenvalue weighted by atomic mass is 16.1. The number of hydrogen-bond donors (Lipinski definition) is 1. The minimum Gasteiger partial charge on any atom is -0.399 e. The van der Waals surface area contributed by atoms with Gasteiger partial charge >= 0.3 is 0 Å². The second-order valence-corrected chi connectivity index (χ2v) is 4.03. The lowest BCUT2D eigenvalue weighted by Crippen LogP contribution is -2.04. The molecule has 1 aromatic rings. The Morgan fingerprint density at radius 1 is 1.40 bits per heavy atom. The summed E-state index contributed by atoms with van der Waals surface area (Å²) in [6.45, 7) is 1.93. The molecule has 0 unspecified atom stereocenters. The van der Waals surface area contributed by atoms with E-state index in [9.17, 15) is 4.79 Å². The maximum absolute atomic E-state index is 12.1. The highest BCUT2D eigenvalue weighted by Gasteiger charge is 2.16. The smallest absolute Gasteiger partial charge is 0.188 e. The van der Waals surface area contributed by atoms with Gasteiger partial charge in [-0.15, -0.1) is 0 Å². The molecule has 0 amide bonds. The van der Waals surface area contributed by atoms with Gasteiger partial charge < -0.3 is 5.73 Å². The van der Waals surface area contributed by atoms with Gasteiger partial charge in [-0.05, 0) is 55.5 Å². The van der Waals surface area contributed by atoms with Crippen LogP contribution < -0.4 is 5.73 Å². The molecular formula is C13H15NO. The van der Waals surface area contributed by atoms with Gasteiger partial charge in [-0.3, -0.25) is 4.79 Å². The van der Waals surface area contributed by atoms with Crippen LogP contribution in [-0.2, 0) is 0 Å². The zero-order valence-electron chi connectivity index (χ0n) is 8.92. The van der Waals surface area contributed by atoms with Crippen LogP contribution in [0.15, 0.2) is 29.8 Å². The van der Waals surface area contributed by atoms with E-state index in [1.807, 2.05) is 19.1 Å². The molecule has 0 bridgehead atoms. The molecular weight excluding hydrogens is 186 g/mol. The third kappa shape index (κ3) is 1.94. The van der Waals surface area contributed by atoms with Crippen LogP contribution >= 0.6 is 0 Å². The summed E-state index contributed by atoms with van der Waals surface area (Å²) < 4.78 is 0. The number of hydrogen-bond acceptors (Lipinski definition) is 2. The fraction of sp³-hybridized carbons (Fsp3) is 0.308. The molecule has 2 rings (SSSR count). The van der Waals surface area contributed by atoms with E-state index in [-0.39, 0.29) is 5.78 Å². The van der Waals surface area contributed by atoms with Crippen LogP contribution in [0, 0.1) is 6.92 Å². The van der Waals surface area contributed by atoms with E-state index in [1.165, 1.54) is 0 Å². The van der Waals surface area contributed by atoms with E-state index in [2.05, 4.69) is 6.08 Å². The van der Waals surface area contributed by atoms with Crippen molar-refractivity contribution in [2.24, 2.45) is 0 Å². The monoisotopic (exact) mass is 201 g/mol. The highest BCUT2D eigenvalue weighted by Crippen LogP contribution is 2.24. The van der Waals surface area contributed by atoms with Gasteiger partial charge in [-0.2, -0.15) is 0 Å². The van der Waals surface area contributed by atoms with Crippen molar-refractivity contribution in [3.63, 3.8) is 0 Å². The molecule has 2 heteroatoms. The van der Waals surface area contributed by atoms with E-state index in [0.717, 1.165) is 36.0 Å². The van der Waals surface area contributed by atoms with E-state index in [4.69, 9.17) is 5.73 Å². The first-order valence-electron chi connectivity index (χ1n) is 5.28. The summed E-state index contributed by atoms with van der Waals surface area (Å²) in [4.78, 5) is 12.1. The third-order valence-corrected chi connectivity index (χ3v) is 2.83. The Kier molecular flexibility index (Phi) is 2.58. The van der Waals surface area contributed by atoms with E-state index >= 15 is 0 Å². The van der Waals surface area contributed by atoms with Crippen molar-refractivity contribution in [1.29, 1.82) is 0 Å². The number of rotatable bonds is 2. The molecule has 1 aliphatic carbocycles. The number of ketones is 1. The van der Waals surface area contributed by atoms with Crippen LogP contribution in [0.25, 0.3) is 0 Å². The first kappa shape index (κ1) is 9.97. The summed E-state index contributed by atoms with van der Waals surface area (Å²) in [6, 6.07) is 5.46. The van der Waals surface area contributed by atoms with Gasteiger partial charge in [0.25, 0.3) is 0 Å². The van der Waals surface area contributed by atoms with Gasteiger partial charge in [0.2, 0.25) is 0 Å². The summed E-state index contributed by atoms with van der Waals surface area (Å²) in [6.07, 6.45) is 5.12. The predicted molar refractivity (Wildman–Crippen MR) is 61.9 cm³/mol. The van der Waals surface area contributed by atoms with Gasteiger partial charge in [-0.1, -0.05) is 6.08 Å². The van der Waals surface area contributed by atoms with Crippen molar-refractivity contribution >= 4 is 11.5 Å². The minimum atomic E-state index is 0.171. The molecule has 0 spiro atoms. The quantitative estimate of drug-likeness (QED) is 0.590. The Morgan fingerprint density at radius 2 is 2.20 bits per heavy atom. The van der Waals surface area contributed by atoms with Gasteiger partial charge in [0.15, 0.2) is 5.78 Å². The zero-order valence-corrected chi connectivity index (χ0v) is 8.92. The number of carbonyl (C=O) groups is 1. The highest BCUT2D eigenvalue weighted by molar-refractivity contribution is 6.09. The van der Waals surface area contributed by atoms with Crippen LogP contribution in [-0.4, -0.2) is 5.78 Å². The fourth-order valence-electron chi connectivity index (χ4n) is 1.99. The maximum atomic E-state index is 12.1. The Balaban J connectivity index is 2.33. The summed E-state index contributed by atoms with van der Waals surface area (Å²) in [7, 11) is 0. The molecule has 0 saturated heterocycles. The van der Waals surface area contributed by atoms with Crippen LogP contribution in [0.1, 0.15) is 35.2 Å². The van der Waals surface area contributed by atoms with Crippen molar-refractivity contribution in [1.82, 2.24) is 0 Å². The van der Waals surface area contributed by atoms with Gasteiger partial charge in [0.1, 0.15) is 0 Å². The Hall–Kier alpha value is -1.57. The van der Waals surface area contributed by atoms with Crippen molar-refractivity contribution in [2.45, 2.75) is 26.2 Å². The van der Waals surface area contributed by atoms with Gasteiger partial charge in [-0.25, -0.2) is 0 Å². The second-order valence-electron chi connectivity index (χ2n) is 4.03. The number of allylic oxidation sites excluding steroid dienone is 2. The molecule has 0 aliphatic heterocycles. The van der Waals surface area contributed by atoms with Crippen molar-refractivity contribution < 1.29 is 4.79 Å². The summed E-state index contributed by atoms with van der Waals surface area (Å²) in [5.74, 6) is 0.171. The first-order chi connectivity index (χ1) is 7.18. The molecule has 1 aromatic carbocycles. The van der Waals surface area contributed by atoms with Crippen LogP contribution in [0.4, 0.5) is 5.69 Å². The van der Waals surface area contributed by atoms with E-state index in [0.29, 0.717) is 5.69 Å². The molecule has 0 atom stereocenters. The molecule has 0 fully saturated rings. The fourth-order valence-corrected chi connectivity index (χ4v) is 1.99. The lowest BCUT2D eigenvalue weighted by atomic mass is 9.98. The number of benzene rings is 1. The molecule has 0 saturated carbocycles. The molecule has 0 aromatic heterocycles. The molecule has 0 radical (unpaired) electrons. The van der Waals surface area contributed by atoms with Crippen molar-refractivity contribution in [3.05, 3.63) is 41.0 Å². The number of nitrogen functional groups attached to an aromatic ring is 1. The normalized spacial score (nSPS) is 15.1. The summed E-state index contributed by atoms with van der Waals surface area (Å²) in [5.41, 5.74) is 9.08. The van der Waals surface area contributed by atoms with Crippen LogP contribution in [0.3, 0.4) is 0 Å². The lowest BCUT2D eigenvalue weighted by molar-refractivity contribution is 0.103. The minimum absolute atomic E-state index is 0.171. The number of anilines is 1. The average Bonchev–Trinajstić information content (AvgIpc) is 2.69. The first-order valence-corrected chi connectivity index (χ1v) is 5.28. The lowest BCUT2D eigenvalue weighted by Gasteiger charge is -2.06. The number of aryl methyl sites for hydroxylation is 1. The number of nitrogens with two attached hydrogens (primary N) is 1. The number of Topliss-reactive ketones (excluding diaryl/α,β-unsaturated/α-hetero) is 1. The zero-order chi connectivity index (χ0) is 10.8. The molecule has 1 aliphatic rings.